The maximum atomic E-state index is 13.2. The molecule has 0 saturated carbocycles. The quantitative estimate of drug-likeness (QED) is 0.194. The van der Waals surface area contributed by atoms with Gasteiger partial charge in [-0.1, -0.05) is 13.3 Å². The molecular formula is C12H10F14O3. The zero-order valence-electron chi connectivity index (χ0n) is 13.7. The number of hydrogen-bond donors (Lipinski definition) is 0. The number of alkyl halides is 11. The average molecular weight is 468 g/mol. The fourth-order valence-corrected chi connectivity index (χ4v) is 1.27. The topological polar surface area (TPSA) is 27.7 Å². The fraction of sp³-hybridized carbons (Fsp3) is 0.833. The van der Waals surface area contributed by atoms with Gasteiger partial charge in [0.1, 0.15) is 0 Å². The molecule has 0 aliphatic rings. The Morgan fingerprint density at radius 1 is 0.793 bits per heavy atom. The van der Waals surface area contributed by atoms with E-state index in [1.165, 1.54) is 6.92 Å². The molecule has 17 heteroatoms. The van der Waals surface area contributed by atoms with Crippen molar-refractivity contribution >= 4 is 0 Å². The summed E-state index contributed by atoms with van der Waals surface area (Å²) in [5.74, 6) is -15.2. The Balaban J connectivity index is 5.69. The molecule has 0 aromatic heterocycles. The molecule has 29 heavy (non-hydrogen) atoms. The summed E-state index contributed by atoms with van der Waals surface area (Å²) >= 11 is 0. The molecule has 1 unspecified atom stereocenters. The highest BCUT2D eigenvalue weighted by Crippen LogP contribution is 2.54. The number of unbranched alkanes of at least 4 members (excludes halogenated alkanes) is 1. The third-order valence-electron chi connectivity index (χ3n) is 2.80. The van der Waals surface area contributed by atoms with Crippen LogP contribution in [0.25, 0.3) is 0 Å². The second-order valence-corrected chi connectivity index (χ2v) is 5.02. The molecule has 1 atom stereocenters. The van der Waals surface area contributed by atoms with Crippen LogP contribution in [-0.4, -0.2) is 43.1 Å². The van der Waals surface area contributed by atoms with Gasteiger partial charge in [-0.25, -0.2) is 4.39 Å². The molecule has 0 heterocycles. The number of ether oxygens (including phenoxy) is 3. The highest BCUT2D eigenvalue weighted by molar-refractivity contribution is 4.99. The molecular weight excluding hydrogens is 458 g/mol. The smallest absolute Gasteiger partial charge is 0.397 e. The van der Waals surface area contributed by atoms with Crippen molar-refractivity contribution in [1.82, 2.24) is 0 Å². The summed E-state index contributed by atoms with van der Waals surface area (Å²) in [5, 5.41) is 0. The van der Waals surface area contributed by atoms with Crippen LogP contribution in [0, 0.1) is 0 Å². The number of rotatable bonds is 12. The van der Waals surface area contributed by atoms with Crippen LogP contribution in [-0.2, 0) is 14.2 Å². The van der Waals surface area contributed by atoms with E-state index in [9.17, 15) is 61.5 Å². The van der Waals surface area contributed by atoms with Crippen molar-refractivity contribution in [3.8, 4) is 0 Å². The van der Waals surface area contributed by atoms with Gasteiger partial charge in [0, 0.05) is 0 Å². The van der Waals surface area contributed by atoms with Gasteiger partial charge in [0.2, 0.25) is 0 Å². The first kappa shape index (κ1) is 27.5. The normalized spacial score (nSPS) is 15.3. The van der Waals surface area contributed by atoms with Crippen molar-refractivity contribution in [3.05, 3.63) is 12.1 Å². The third kappa shape index (κ3) is 5.99. The summed E-state index contributed by atoms with van der Waals surface area (Å²) < 4.78 is 187. The summed E-state index contributed by atoms with van der Waals surface area (Å²) in [5.41, 5.74) is 0. The van der Waals surface area contributed by atoms with Gasteiger partial charge in [-0.2, -0.15) is 57.1 Å². The van der Waals surface area contributed by atoms with Crippen molar-refractivity contribution in [1.29, 1.82) is 0 Å². The summed E-state index contributed by atoms with van der Waals surface area (Å²) in [7, 11) is 0. The molecule has 0 N–H and O–H groups in total. The molecule has 0 aliphatic heterocycles. The number of halogens is 14. The first-order valence-corrected chi connectivity index (χ1v) is 7.01. The molecule has 0 radical (unpaired) electrons. The molecule has 0 spiro atoms. The van der Waals surface area contributed by atoms with E-state index < -0.39 is 55.2 Å². The summed E-state index contributed by atoms with van der Waals surface area (Å²) in [6.07, 6.45) is -28.4. The molecule has 0 fully saturated rings. The van der Waals surface area contributed by atoms with E-state index in [0.717, 1.165) is 0 Å². The highest BCUT2D eigenvalue weighted by Gasteiger charge is 2.84. The summed E-state index contributed by atoms with van der Waals surface area (Å²) in [6.45, 7) is 0.370. The Morgan fingerprint density at radius 2 is 1.24 bits per heavy atom. The summed E-state index contributed by atoms with van der Waals surface area (Å²) in [6, 6.07) is -3.84. The van der Waals surface area contributed by atoms with E-state index in [2.05, 4.69) is 9.47 Å². The van der Waals surface area contributed by atoms with Crippen LogP contribution >= 0.6 is 0 Å². The van der Waals surface area contributed by atoms with Gasteiger partial charge in [-0.3, -0.25) is 4.74 Å². The highest BCUT2D eigenvalue weighted by atomic mass is 19.4. The molecule has 0 saturated heterocycles. The van der Waals surface area contributed by atoms with Gasteiger partial charge in [0.05, 0.1) is 6.61 Å². The number of hydrogen-bond acceptors (Lipinski definition) is 3. The molecule has 0 rings (SSSR count). The Labute approximate surface area is 152 Å². The minimum Gasteiger partial charge on any atom is -0.397 e. The van der Waals surface area contributed by atoms with Gasteiger partial charge in [0.15, 0.2) is 0 Å². The van der Waals surface area contributed by atoms with Crippen molar-refractivity contribution in [3.63, 3.8) is 0 Å². The van der Waals surface area contributed by atoms with Gasteiger partial charge in [-0.05, 0) is 6.42 Å². The maximum absolute atomic E-state index is 13.2. The third-order valence-corrected chi connectivity index (χ3v) is 2.80. The maximum Gasteiger partial charge on any atom is 0.473 e. The first-order valence-electron chi connectivity index (χ1n) is 7.01. The Kier molecular flexibility index (Phi) is 8.62. The van der Waals surface area contributed by atoms with Crippen molar-refractivity contribution < 1.29 is 75.7 Å². The van der Waals surface area contributed by atoms with Crippen LogP contribution < -0.4 is 0 Å². The van der Waals surface area contributed by atoms with E-state index in [0.29, 0.717) is 0 Å². The Morgan fingerprint density at radius 3 is 1.66 bits per heavy atom. The van der Waals surface area contributed by atoms with Crippen LogP contribution in [0.15, 0.2) is 12.1 Å². The van der Waals surface area contributed by atoms with E-state index in [4.69, 9.17) is 0 Å². The SMILES string of the molecule is CCCCOC(F)(F)C(F)OC(F)(F)C(F)(F)C(F)(F)C(F)(F)OC(F)=C(F)F. The van der Waals surface area contributed by atoms with Crippen LogP contribution in [0.4, 0.5) is 61.5 Å². The molecule has 0 aromatic rings. The van der Waals surface area contributed by atoms with Gasteiger partial charge in [-0.15, -0.1) is 0 Å². The second kappa shape index (κ2) is 9.09. The van der Waals surface area contributed by atoms with Crippen LogP contribution in [0.1, 0.15) is 19.8 Å². The largest absolute Gasteiger partial charge is 0.473 e. The molecule has 0 aliphatic carbocycles. The van der Waals surface area contributed by atoms with E-state index in [1.54, 1.807) is 0 Å². The van der Waals surface area contributed by atoms with Crippen LogP contribution in [0.3, 0.4) is 0 Å². The van der Waals surface area contributed by atoms with Crippen LogP contribution in [0.5, 0.6) is 0 Å². The lowest BCUT2D eigenvalue weighted by Crippen LogP contribution is -2.64. The van der Waals surface area contributed by atoms with Crippen molar-refractivity contribution in [2.75, 3.05) is 6.61 Å². The second-order valence-electron chi connectivity index (χ2n) is 5.02. The molecule has 174 valence electrons. The fourth-order valence-electron chi connectivity index (χ4n) is 1.27. The molecule has 0 bridgehead atoms. The standard InChI is InChI=1S/C12H10F14O3/c1-2-3-4-27-8(17,18)7(16)29-12(25,26)10(21,22)9(19,20)11(23,24)28-6(15)5(13)14/h7H,2-4H2,1H3. The predicted molar refractivity (Wildman–Crippen MR) is 63.0 cm³/mol. The minimum absolute atomic E-state index is 0.147. The predicted octanol–water partition coefficient (Wildman–Crippen LogP) is 6.22. The van der Waals surface area contributed by atoms with E-state index in [-0.39, 0.29) is 12.8 Å². The van der Waals surface area contributed by atoms with Gasteiger partial charge in [0.25, 0.3) is 6.36 Å². The van der Waals surface area contributed by atoms with Crippen molar-refractivity contribution in [2.24, 2.45) is 0 Å². The van der Waals surface area contributed by atoms with Gasteiger partial charge < -0.3 is 9.47 Å². The lowest BCUT2D eigenvalue weighted by Gasteiger charge is -2.36. The lowest BCUT2D eigenvalue weighted by molar-refractivity contribution is -0.484. The Bertz CT molecular complexity index is 572. The van der Waals surface area contributed by atoms with E-state index >= 15 is 0 Å². The Hall–Kier alpha value is -1.52. The average Bonchev–Trinajstić information content (AvgIpc) is 2.53. The molecule has 0 aromatic carbocycles. The zero-order chi connectivity index (χ0) is 23.5. The van der Waals surface area contributed by atoms with Gasteiger partial charge >= 0.3 is 42.3 Å². The zero-order valence-corrected chi connectivity index (χ0v) is 13.7. The van der Waals surface area contributed by atoms with E-state index in [1.807, 2.05) is 4.74 Å². The van der Waals surface area contributed by atoms with Crippen LogP contribution in [0.2, 0.25) is 0 Å². The molecule has 0 amide bonds. The summed E-state index contributed by atoms with van der Waals surface area (Å²) in [4.78, 5) is 0. The lowest BCUT2D eigenvalue weighted by atomic mass is 10.1. The monoisotopic (exact) mass is 468 g/mol. The first-order chi connectivity index (χ1) is 12.8. The van der Waals surface area contributed by atoms with Crippen molar-refractivity contribution in [2.45, 2.75) is 56.3 Å². The minimum atomic E-state index is -7.58. The molecule has 3 nitrogen and oxygen atoms in total.